The number of morpholine rings is 1. The van der Waals surface area contributed by atoms with Gasteiger partial charge in [0, 0.05) is 18.8 Å². The summed E-state index contributed by atoms with van der Waals surface area (Å²) < 4.78 is 11.2. The predicted octanol–water partition coefficient (Wildman–Crippen LogP) is 7.62. The van der Waals surface area contributed by atoms with E-state index in [9.17, 15) is 9.59 Å². The molecule has 1 aliphatic heterocycles. The Kier molecular flexibility index (Phi) is 9.64. The quantitative estimate of drug-likeness (QED) is 0.140. The highest BCUT2D eigenvalue weighted by Crippen LogP contribution is 2.30. The fraction of sp³-hybridized carbons (Fsp3) is 0.342. The number of aromatic amines is 1. The van der Waals surface area contributed by atoms with E-state index in [1.165, 1.54) is 0 Å². The summed E-state index contributed by atoms with van der Waals surface area (Å²) in [6.45, 7) is 9.51. The third kappa shape index (κ3) is 7.07. The number of fused-ring (bicyclic) bond motifs is 1. The fourth-order valence-electron chi connectivity index (χ4n) is 6.11. The summed E-state index contributed by atoms with van der Waals surface area (Å²) in [5.74, 6) is 0.596. The van der Waals surface area contributed by atoms with Crippen LogP contribution in [-0.2, 0) is 9.53 Å². The molecule has 2 unspecified atom stereocenters. The van der Waals surface area contributed by atoms with Gasteiger partial charge in [0.2, 0.25) is 11.7 Å². The number of carbonyl (C=O) groups excluding carboxylic acids is 2. The van der Waals surface area contributed by atoms with Crippen molar-refractivity contribution in [1.29, 1.82) is 0 Å². The summed E-state index contributed by atoms with van der Waals surface area (Å²) in [6, 6.07) is 27.6. The minimum atomic E-state index is -0.706. The lowest BCUT2D eigenvalue weighted by Crippen LogP contribution is -2.43. The van der Waals surface area contributed by atoms with Gasteiger partial charge in [0.25, 0.3) is 5.89 Å². The van der Waals surface area contributed by atoms with E-state index in [0.717, 1.165) is 66.5 Å². The molecule has 1 fully saturated rings. The highest BCUT2D eigenvalue weighted by atomic mass is 16.5. The zero-order chi connectivity index (χ0) is 32.0. The molecular formula is C38H42N4O4. The van der Waals surface area contributed by atoms with Crippen LogP contribution in [0.25, 0.3) is 33.5 Å². The average Bonchev–Trinajstić information content (AvgIpc) is 3.76. The zero-order valence-electron chi connectivity index (χ0n) is 26.8. The molecule has 8 heteroatoms. The van der Waals surface area contributed by atoms with Gasteiger partial charge in [0.1, 0.15) is 11.3 Å². The largest absolute Gasteiger partial charge is 0.434 e. The maximum atomic E-state index is 13.8. The summed E-state index contributed by atoms with van der Waals surface area (Å²) in [5.41, 5.74) is 6.51. The van der Waals surface area contributed by atoms with Gasteiger partial charge in [-0.1, -0.05) is 87.9 Å². The highest BCUT2D eigenvalue weighted by molar-refractivity contribution is 6.00. The van der Waals surface area contributed by atoms with Gasteiger partial charge in [0.15, 0.2) is 5.58 Å². The third-order valence-corrected chi connectivity index (χ3v) is 8.60. The molecule has 6 rings (SSSR count). The van der Waals surface area contributed by atoms with Crippen molar-refractivity contribution in [3.8, 4) is 22.4 Å². The molecule has 0 spiro atoms. The van der Waals surface area contributed by atoms with Gasteiger partial charge in [-0.3, -0.25) is 9.59 Å². The number of H-pyrrole nitrogens is 1. The first-order chi connectivity index (χ1) is 22.4. The van der Waals surface area contributed by atoms with E-state index in [0.29, 0.717) is 23.9 Å². The SMILES string of the molecule is CCCC(NC(=O)C(CC(C)C)c1ccc(-c2ccc(-c3ccc(N4CCOCC4)[nH]3)cc2)cc1)C(=O)c1nc2ccccc2o1. The number of nitrogens with zero attached hydrogens (tertiary/aromatic N) is 2. The molecule has 5 aromatic rings. The molecule has 0 aliphatic carbocycles. The van der Waals surface area contributed by atoms with E-state index in [2.05, 4.69) is 82.6 Å². The smallest absolute Gasteiger partial charge is 0.266 e. The van der Waals surface area contributed by atoms with Gasteiger partial charge < -0.3 is 24.4 Å². The Morgan fingerprint density at radius 3 is 2.24 bits per heavy atom. The van der Waals surface area contributed by atoms with Crippen LogP contribution in [0.3, 0.4) is 0 Å². The molecule has 1 saturated heterocycles. The number of nitrogens with one attached hydrogen (secondary N) is 2. The number of carbonyl (C=O) groups is 2. The molecule has 0 saturated carbocycles. The van der Waals surface area contributed by atoms with Crippen molar-refractivity contribution in [3.05, 3.63) is 96.4 Å². The van der Waals surface area contributed by atoms with Gasteiger partial charge in [-0.05, 0) is 65.3 Å². The predicted molar refractivity (Wildman–Crippen MR) is 182 cm³/mol. The summed E-state index contributed by atoms with van der Waals surface area (Å²) >= 11 is 0. The monoisotopic (exact) mass is 618 g/mol. The summed E-state index contributed by atoms with van der Waals surface area (Å²) in [5, 5.41) is 3.05. The van der Waals surface area contributed by atoms with Crippen LogP contribution >= 0.6 is 0 Å². The van der Waals surface area contributed by atoms with Crippen LogP contribution in [0.15, 0.2) is 89.3 Å². The van der Waals surface area contributed by atoms with E-state index in [1.807, 2.05) is 37.3 Å². The Balaban J connectivity index is 1.15. The molecule has 1 aliphatic rings. The summed E-state index contributed by atoms with van der Waals surface area (Å²) in [6.07, 6.45) is 1.90. The highest BCUT2D eigenvalue weighted by Gasteiger charge is 2.30. The normalized spacial score (nSPS) is 14.8. The van der Waals surface area contributed by atoms with Gasteiger partial charge in [-0.15, -0.1) is 0 Å². The molecule has 8 nitrogen and oxygen atoms in total. The number of rotatable bonds is 12. The van der Waals surface area contributed by atoms with Crippen LogP contribution in [0.5, 0.6) is 0 Å². The standard InChI is InChI=1S/C38H42N4O4/c1-4-7-33(36(43)38-41-32-8-5-6-9-34(32)46-38)40-37(44)30(24-25(2)3)28-14-10-26(11-15-28)27-12-16-29(17-13-27)31-18-19-35(39-31)42-20-22-45-23-21-42/h5-6,8-19,25,30,33,39H,4,7,20-24H2,1-3H3,(H,40,44). The molecule has 0 bridgehead atoms. The summed E-state index contributed by atoms with van der Waals surface area (Å²) in [7, 11) is 0. The van der Waals surface area contributed by atoms with Crippen molar-refractivity contribution < 1.29 is 18.7 Å². The zero-order valence-corrected chi connectivity index (χ0v) is 26.8. The molecular weight excluding hydrogens is 576 g/mol. The maximum absolute atomic E-state index is 13.8. The lowest BCUT2D eigenvalue weighted by molar-refractivity contribution is -0.123. The fourth-order valence-corrected chi connectivity index (χ4v) is 6.11. The molecule has 3 heterocycles. The first kappa shape index (κ1) is 31.3. The molecule has 238 valence electrons. The number of para-hydroxylation sites is 2. The van der Waals surface area contributed by atoms with E-state index in [-0.39, 0.29) is 29.4 Å². The van der Waals surface area contributed by atoms with Crippen LogP contribution in [0, 0.1) is 5.92 Å². The van der Waals surface area contributed by atoms with Gasteiger partial charge in [-0.2, -0.15) is 0 Å². The Morgan fingerprint density at radius 2 is 1.57 bits per heavy atom. The van der Waals surface area contributed by atoms with Crippen molar-refractivity contribution in [2.24, 2.45) is 5.92 Å². The Hall–Kier alpha value is -4.69. The molecule has 3 aromatic carbocycles. The van der Waals surface area contributed by atoms with Crippen LogP contribution in [0.1, 0.15) is 62.2 Å². The number of anilines is 1. The Labute approximate surface area is 270 Å². The van der Waals surface area contributed by atoms with Gasteiger partial charge in [-0.25, -0.2) is 4.98 Å². The number of benzene rings is 3. The van der Waals surface area contributed by atoms with E-state index in [4.69, 9.17) is 9.15 Å². The van der Waals surface area contributed by atoms with Crippen molar-refractivity contribution in [1.82, 2.24) is 15.3 Å². The Morgan fingerprint density at radius 1 is 0.891 bits per heavy atom. The second kappa shape index (κ2) is 14.2. The number of ketones is 1. The maximum Gasteiger partial charge on any atom is 0.266 e. The minimum Gasteiger partial charge on any atom is -0.434 e. The van der Waals surface area contributed by atoms with E-state index < -0.39 is 6.04 Å². The van der Waals surface area contributed by atoms with Gasteiger partial charge >= 0.3 is 0 Å². The summed E-state index contributed by atoms with van der Waals surface area (Å²) in [4.78, 5) is 37.5. The van der Waals surface area contributed by atoms with Crippen LogP contribution in [0.4, 0.5) is 5.82 Å². The third-order valence-electron chi connectivity index (χ3n) is 8.60. The number of hydrogen-bond donors (Lipinski definition) is 2. The first-order valence-corrected chi connectivity index (χ1v) is 16.3. The molecule has 2 N–H and O–H groups in total. The van der Waals surface area contributed by atoms with Gasteiger partial charge in [0.05, 0.1) is 25.2 Å². The van der Waals surface area contributed by atoms with Crippen LogP contribution in [-0.4, -0.2) is 54.0 Å². The van der Waals surface area contributed by atoms with Crippen molar-refractivity contribution >= 4 is 28.6 Å². The number of ether oxygens (including phenoxy) is 1. The van der Waals surface area contributed by atoms with Crippen LogP contribution in [0.2, 0.25) is 0 Å². The van der Waals surface area contributed by atoms with E-state index >= 15 is 0 Å². The molecule has 1 amide bonds. The molecule has 0 radical (unpaired) electrons. The number of amides is 1. The molecule has 2 aromatic heterocycles. The second-order valence-corrected chi connectivity index (χ2v) is 12.4. The average molecular weight is 619 g/mol. The number of aromatic nitrogens is 2. The number of oxazole rings is 1. The lowest BCUT2D eigenvalue weighted by atomic mass is 9.88. The topological polar surface area (TPSA) is 100 Å². The molecule has 2 atom stereocenters. The van der Waals surface area contributed by atoms with Crippen LogP contribution < -0.4 is 10.2 Å². The minimum absolute atomic E-state index is 0.0320. The van der Waals surface area contributed by atoms with Crippen molar-refractivity contribution in [2.45, 2.75) is 52.0 Å². The number of Topliss-reactive ketones (excluding diaryl/α,β-unsaturated/α-hetero) is 1. The second-order valence-electron chi connectivity index (χ2n) is 12.4. The van der Waals surface area contributed by atoms with Crippen molar-refractivity contribution in [2.75, 3.05) is 31.2 Å². The Bertz CT molecular complexity index is 1730. The van der Waals surface area contributed by atoms with Crippen molar-refractivity contribution in [3.63, 3.8) is 0 Å². The number of hydrogen-bond acceptors (Lipinski definition) is 6. The lowest BCUT2D eigenvalue weighted by Gasteiger charge is -2.27. The molecule has 46 heavy (non-hydrogen) atoms. The van der Waals surface area contributed by atoms with E-state index in [1.54, 1.807) is 6.07 Å². The first-order valence-electron chi connectivity index (χ1n) is 16.3.